The molecule has 0 heterocycles. The molecule has 5 heteroatoms. The standard InChI is InChI=1S/C21H20ClNO3/c1-25-19-12-8-16(9-13-19)21(24)26-23-20-5-3-2-4-17(20)14-15-6-10-18(22)11-7-15/h6-14H,2-5H2,1H3. The maximum atomic E-state index is 12.2. The van der Waals surface area contributed by atoms with Gasteiger partial charge in [0.2, 0.25) is 0 Å². The number of carbonyl (C=O) groups is 1. The summed E-state index contributed by atoms with van der Waals surface area (Å²) in [5.41, 5.74) is 3.42. The van der Waals surface area contributed by atoms with E-state index in [0.29, 0.717) is 16.3 Å². The minimum atomic E-state index is -0.475. The Morgan fingerprint density at radius 1 is 1.04 bits per heavy atom. The first kappa shape index (κ1) is 18.2. The van der Waals surface area contributed by atoms with Crippen molar-refractivity contribution in [2.24, 2.45) is 5.16 Å². The van der Waals surface area contributed by atoms with Gasteiger partial charge in [-0.3, -0.25) is 0 Å². The highest BCUT2D eigenvalue weighted by Gasteiger charge is 2.16. The number of rotatable bonds is 4. The van der Waals surface area contributed by atoms with Gasteiger partial charge >= 0.3 is 5.97 Å². The van der Waals surface area contributed by atoms with Crippen LogP contribution in [0.5, 0.6) is 5.75 Å². The second kappa shape index (κ2) is 8.68. The fraction of sp³-hybridized carbons (Fsp3) is 0.238. The Balaban J connectivity index is 1.74. The normalized spacial score (nSPS) is 17.3. The molecular weight excluding hydrogens is 350 g/mol. The SMILES string of the molecule is COc1ccc(C(=O)ON=C2CCCCC2=Cc2ccc(Cl)cc2)cc1. The number of benzene rings is 2. The summed E-state index contributed by atoms with van der Waals surface area (Å²) >= 11 is 5.94. The molecule has 26 heavy (non-hydrogen) atoms. The van der Waals surface area contributed by atoms with E-state index >= 15 is 0 Å². The zero-order valence-electron chi connectivity index (χ0n) is 14.6. The first-order valence-corrected chi connectivity index (χ1v) is 8.92. The minimum absolute atomic E-state index is 0.439. The molecule has 2 aromatic carbocycles. The highest BCUT2D eigenvalue weighted by molar-refractivity contribution is 6.30. The zero-order chi connectivity index (χ0) is 18.4. The Kier molecular flexibility index (Phi) is 6.08. The largest absolute Gasteiger partial charge is 0.497 e. The predicted octanol–water partition coefficient (Wildman–Crippen LogP) is 5.52. The lowest BCUT2D eigenvalue weighted by Gasteiger charge is -2.16. The molecule has 0 spiro atoms. The first-order valence-electron chi connectivity index (χ1n) is 8.54. The Morgan fingerprint density at radius 3 is 2.42 bits per heavy atom. The van der Waals surface area contributed by atoms with Crippen LogP contribution in [0.25, 0.3) is 6.08 Å². The van der Waals surface area contributed by atoms with Crippen molar-refractivity contribution in [3.8, 4) is 5.75 Å². The monoisotopic (exact) mass is 369 g/mol. The summed E-state index contributed by atoms with van der Waals surface area (Å²) in [4.78, 5) is 17.4. The van der Waals surface area contributed by atoms with Crippen LogP contribution < -0.4 is 4.74 Å². The van der Waals surface area contributed by atoms with Crippen LogP contribution in [0, 0.1) is 0 Å². The van der Waals surface area contributed by atoms with Crippen molar-refractivity contribution in [3.63, 3.8) is 0 Å². The van der Waals surface area contributed by atoms with Gasteiger partial charge in [-0.1, -0.05) is 28.9 Å². The van der Waals surface area contributed by atoms with Crippen molar-refractivity contribution in [1.82, 2.24) is 0 Å². The number of hydrogen-bond donors (Lipinski definition) is 0. The molecule has 134 valence electrons. The summed E-state index contributed by atoms with van der Waals surface area (Å²) in [5, 5.41) is 4.85. The third-order valence-corrected chi connectivity index (χ3v) is 4.51. The van der Waals surface area contributed by atoms with Crippen molar-refractivity contribution < 1.29 is 14.4 Å². The van der Waals surface area contributed by atoms with E-state index in [4.69, 9.17) is 21.2 Å². The van der Waals surface area contributed by atoms with Gasteiger partial charge in [0.05, 0.1) is 18.4 Å². The Labute approximate surface area is 158 Å². The van der Waals surface area contributed by atoms with Gasteiger partial charge in [-0.05, 0) is 79.3 Å². The maximum absolute atomic E-state index is 12.2. The average Bonchev–Trinajstić information content (AvgIpc) is 2.69. The van der Waals surface area contributed by atoms with Gasteiger partial charge < -0.3 is 9.57 Å². The van der Waals surface area contributed by atoms with Crippen LogP contribution in [0.1, 0.15) is 41.6 Å². The lowest BCUT2D eigenvalue weighted by molar-refractivity contribution is 0.0515. The van der Waals surface area contributed by atoms with Gasteiger partial charge in [-0.15, -0.1) is 0 Å². The fourth-order valence-electron chi connectivity index (χ4n) is 2.81. The van der Waals surface area contributed by atoms with E-state index in [2.05, 4.69) is 11.2 Å². The summed E-state index contributed by atoms with van der Waals surface area (Å²) in [7, 11) is 1.58. The molecule has 3 rings (SSSR count). The molecule has 0 radical (unpaired) electrons. The molecule has 1 aliphatic carbocycles. The van der Waals surface area contributed by atoms with Crippen molar-refractivity contribution in [1.29, 1.82) is 0 Å². The van der Waals surface area contributed by atoms with Crippen LogP contribution in [0.3, 0.4) is 0 Å². The highest BCUT2D eigenvalue weighted by Crippen LogP contribution is 2.24. The summed E-state index contributed by atoms with van der Waals surface area (Å²) in [6.45, 7) is 0. The van der Waals surface area contributed by atoms with Crippen LogP contribution in [0.15, 0.2) is 59.3 Å². The number of allylic oxidation sites excluding steroid dienone is 1. The third-order valence-electron chi connectivity index (χ3n) is 4.26. The molecule has 0 N–H and O–H groups in total. The van der Waals surface area contributed by atoms with E-state index < -0.39 is 5.97 Å². The van der Waals surface area contributed by atoms with Gasteiger partial charge in [0, 0.05) is 5.02 Å². The first-order chi connectivity index (χ1) is 12.7. The number of oxime groups is 1. The fourth-order valence-corrected chi connectivity index (χ4v) is 2.94. The van der Waals surface area contributed by atoms with Gasteiger partial charge in [0.25, 0.3) is 0 Å². The number of carbonyl (C=O) groups excluding carboxylic acids is 1. The lowest BCUT2D eigenvalue weighted by Crippen LogP contribution is -2.11. The summed E-state index contributed by atoms with van der Waals surface area (Å²) in [6, 6.07) is 14.4. The Hall–Kier alpha value is -2.59. The van der Waals surface area contributed by atoms with Gasteiger partial charge in [0.15, 0.2) is 0 Å². The molecular formula is C21H20ClNO3. The Bertz CT molecular complexity index is 823. The summed E-state index contributed by atoms with van der Waals surface area (Å²) < 4.78 is 5.09. The van der Waals surface area contributed by atoms with Gasteiger partial charge in [0.1, 0.15) is 5.75 Å². The van der Waals surface area contributed by atoms with Crippen molar-refractivity contribution in [3.05, 3.63) is 70.3 Å². The van der Waals surface area contributed by atoms with Gasteiger partial charge in [-0.25, -0.2) is 4.79 Å². The molecule has 0 atom stereocenters. The molecule has 1 aliphatic rings. The molecule has 0 amide bonds. The maximum Gasteiger partial charge on any atom is 0.365 e. The summed E-state index contributed by atoms with van der Waals surface area (Å²) in [5.74, 6) is 0.213. The molecule has 4 nitrogen and oxygen atoms in total. The number of nitrogens with zero attached hydrogens (tertiary/aromatic N) is 1. The Morgan fingerprint density at radius 2 is 1.73 bits per heavy atom. The molecule has 0 aliphatic heterocycles. The third kappa shape index (κ3) is 4.73. The number of methoxy groups -OCH3 is 1. The van der Waals surface area contributed by atoms with E-state index in [1.54, 1.807) is 31.4 Å². The number of ether oxygens (including phenoxy) is 1. The van der Waals surface area contributed by atoms with Crippen molar-refractivity contribution >= 4 is 29.4 Å². The van der Waals surface area contributed by atoms with Crippen LogP contribution in [-0.2, 0) is 4.84 Å². The van der Waals surface area contributed by atoms with E-state index in [1.165, 1.54) is 0 Å². The molecule has 0 aromatic heterocycles. The van der Waals surface area contributed by atoms with Gasteiger partial charge in [-0.2, -0.15) is 0 Å². The van der Waals surface area contributed by atoms with Crippen LogP contribution in [0.2, 0.25) is 5.02 Å². The molecule has 1 fully saturated rings. The molecule has 0 saturated heterocycles. The summed E-state index contributed by atoms with van der Waals surface area (Å²) in [6.07, 6.45) is 5.94. The predicted molar refractivity (Wildman–Crippen MR) is 104 cm³/mol. The lowest BCUT2D eigenvalue weighted by atomic mass is 9.91. The van der Waals surface area contributed by atoms with Crippen molar-refractivity contribution in [2.75, 3.05) is 7.11 Å². The van der Waals surface area contributed by atoms with E-state index in [-0.39, 0.29) is 0 Å². The second-order valence-electron chi connectivity index (χ2n) is 6.07. The molecule has 1 saturated carbocycles. The second-order valence-corrected chi connectivity index (χ2v) is 6.51. The minimum Gasteiger partial charge on any atom is -0.497 e. The quantitative estimate of drug-likeness (QED) is 0.526. The molecule has 0 bridgehead atoms. The molecule has 2 aromatic rings. The number of halogens is 1. The van der Waals surface area contributed by atoms with E-state index in [0.717, 1.165) is 42.5 Å². The number of hydrogen-bond acceptors (Lipinski definition) is 4. The van der Waals surface area contributed by atoms with Crippen LogP contribution in [-0.4, -0.2) is 18.8 Å². The zero-order valence-corrected chi connectivity index (χ0v) is 15.3. The topological polar surface area (TPSA) is 47.9 Å². The van der Waals surface area contributed by atoms with Crippen molar-refractivity contribution in [2.45, 2.75) is 25.7 Å². The van der Waals surface area contributed by atoms with Crippen LogP contribution >= 0.6 is 11.6 Å². The van der Waals surface area contributed by atoms with Crippen LogP contribution in [0.4, 0.5) is 0 Å². The average molecular weight is 370 g/mol. The highest BCUT2D eigenvalue weighted by atomic mass is 35.5. The van der Waals surface area contributed by atoms with E-state index in [1.807, 2.05) is 24.3 Å². The smallest absolute Gasteiger partial charge is 0.365 e. The molecule has 0 unspecified atom stereocenters. The van der Waals surface area contributed by atoms with E-state index in [9.17, 15) is 4.79 Å².